The summed E-state index contributed by atoms with van der Waals surface area (Å²) in [5.74, 6) is 0. The molecule has 2 aromatic rings. The van der Waals surface area contributed by atoms with E-state index in [0.29, 0.717) is 0 Å². The van der Waals surface area contributed by atoms with Crippen molar-refractivity contribution in [3.63, 3.8) is 0 Å². The molecule has 0 radical (unpaired) electrons. The number of benzene rings is 2. The lowest BCUT2D eigenvalue weighted by Crippen LogP contribution is -2.31. The Balaban J connectivity index is 2.27. The third-order valence-electron chi connectivity index (χ3n) is 2.99. The Hall–Kier alpha value is -1.43. The molecule has 1 atom stereocenters. The van der Waals surface area contributed by atoms with E-state index in [1.807, 2.05) is 37.3 Å². The monoisotopic (exact) mass is 279 g/mol. The zero-order chi connectivity index (χ0) is 13.9. The fourth-order valence-electron chi connectivity index (χ4n) is 1.73. The van der Waals surface area contributed by atoms with Gasteiger partial charge in [0.1, 0.15) is 0 Å². The third-order valence-corrected chi connectivity index (χ3v) is 4.42. The molecule has 0 fully saturated rings. The first-order valence-electron chi connectivity index (χ1n) is 6.04. The summed E-state index contributed by atoms with van der Waals surface area (Å²) in [4.78, 5) is 0.273. The number of rotatable bonds is 5. The summed E-state index contributed by atoms with van der Waals surface area (Å²) in [5.41, 5.74) is 0. The standard InChI is InChI=1S/C14H17NO3S/c1-11(18-2)10-15-19(16,17)14-8-7-12-5-3-4-6-13(12)9-14/h3-9,11,15H,10H2,1-2H3. The predicted molar refractivity (Wildman–Crippen MR) is 75.6 cm³/mol. The molecule has 2 rings (SSSR count). The highest BCUT2D eigenvalue weighted by Crippen LogP contribution is 2.18. The van der Waals surface area contributed by atoms with Crippen LogP contribution in [-0.2, 0) is 14.8 Å². The molecule has 0 aliphatic carbocycles. The molecular weight excluding hydrogens is 262 g/mol. The molecule has 0 bridgehead atoms. The highest BCUT2D eigenvalue weighted by molar-refractivity contribution is 7.89. The highest BCUT2D eigenvalue weighted by atomic mass is 32.2. The van der Waals surface area contributed by atoms with Gasteiger partial charge in [-0.2, -0.15) is 0 Å². The van der Waals surface area contributed by atoms with Crippen molar-refractivity contribution >= 4 is 20.8 Å². The van der Waals surface area contributed by atoms with Crippen molar-refractivity contribution in [1.82, 2.24) is 4.72 Å². The van der Waals surface area contributed by atoms with Crippen LogP contribution < -0.4 is 4.72 Å². The number of hydrogen-bond donors (Lipinski definition) is 1. The van der Waals surface area contributed by atoms with Gasteiger partial charge in [-0.3, -0.25) is 0 Å². The van der Waals surface area contributed by atoms with Crippen LogP contribution in [0.25, 0.3) is 10.8 Å². The van der Waals surface area contributed by atoms with Crippen LogP contribution in [0.2, 0.25) is 0 Å². The van der Waals surface area contributed by atoms with E-state index < -0.39 is 10.0 Å². The van der Waals surface area contributed by atoms with Crippen LogP contribution in [0, 0.1) is 0 Å². The minimum Gasteiger partial charge on any atom is -0.380 e. The van der Waals surface area contributed by atoms with Crippen molar-refractivity contribution in [2.75, 3.05) is 13.7 Å². The molecule has 1 unspecified atom stereocenters. The zero-order valence-corrected chi connectivity index (χ0v) is 11.8. The van der Waals surface area contributed by atoms with Crippen LogP contribution in [0.15, 0.2) is 47.4 Å². The summed E-state index contributed by atoms with van der Waals surface area (Å²) in [6, 6.07) is 12.8. The van der Waals surface area contributed by atoms with Crippen LogP contribution in [-0.4, -0.2) is 28.2 Å². The van der Waals surface area contributed by atoms with Gasteiger partial charge in [0.15, 0.2) is 0 Å². The maximum absolute atomic E-state index is 12.1. The van der Waals surface area contributed by atoms with E-state index in [0.717, 1.165) is 10.8 Å². The van der Waals surface area contributed by atoms with Gasteiger partial charge in [-0.15, -0.1) is 0 Å². The number of nitrogens with one attached hydrogen (secondary N) is 1. The van der Waals surface area contributed by atoms with Gasteiger partial charge in [-0.25, -0.2) is 13.1 Å². The molecule has 19 heavy (non-hydrogen) atoms. The van der Waals surface area contributed by atoms with Gasteiger partial charge in [0.25, 0.3) is 0 Å². The van der Waals surface area contributed by atoms with Gasteiger partial charge in [0.2, 0.25) is 10.0 Å². The van der Waals surface area contributed by atoms with E-state index in [1.165, 1.54) is 0 Å². The Bertz CT molecular complexity index is 667. The predicted octanol–water partition coefficient (Wildman–Crippen LogP) is 2.15. The topological polar surface area (TPSA) is 55.4 Å². The fourth-order valence-corrected chi connectivity index (χ4v) is 2.88. The van der Waals surface area contributed by atoms with E-state index in [9.17, 15) is 8.42 Å². The van der Waals surface area contributed by atoms with Crippen LogP contribution in [0.1, 0.15) is 6.92 Å². The van der Waals surface area contributed by atoms with Crippen molar-refractivity contribution in [2.24, 2.45) is 0 Å². The van der Waals surface area contributed by atoms with E-state index in [2.05, 4.69) is 4.72 Å². The average molecular weight is 279 g/mol. The number of hydrogen-bond acceptors (Lipinski definition) is 3. The van der Waals surface area contributed by atoms with Crippen molar-refractivity contribution in [3.05, 3.63) is 42.5 Å². The van der Waals surface area contributed by atoms with Crippen LogP contribution >= 0.6 is 0 Å². The van der Waals surface area contributed by atoms with Crippen LogP contribution in [0.4, 0.5) is 0 Å². The molecule has 2 aromatic carbocycles. The summed E-state index contributed by atoms with van der Waals surface area (Å²) in [6.45, 7) is 2.06. The molecule has 0 saturated carbocycles. The average Bonchev–Trinajstić information content (AvgIpc) is 2.44. The van der Waals surface area contributed by atoms with Gasteiger partial charge in [0, 0.05) is 13.7 Å². The Labute approximate surface area is 113 Å². The molecular formula is C14H17NO3S. The molecule has 0 spiro atoms. The molecule has 5 heteroatoms. The van der Waals surface area contributed by atoms with Gasteiger partial charge in [-0.05, 0) is 29.8 Å². The summed E-state index contributed by atoms with van der Waals surface area (Å²) in [5, 5.41) is 1.93. The number of sulfonamides is 1. The molecule has 0 saturated heterocycles. The third kappa shape index (κ3) is 3.32. The Morgan fingerprint density at radius 2 is 1.84 bits per heavy atom. The lowest BCUT2D eigenvalue weighted by molar-refractivity contribution is 0.122. The SMILES string of the molecule is COC(C)CNS(=O)(=O)c1ccc2ccccc2c1. The highest BCUT2D eigenvalue weighted by Gasteiger charge is 2.15. The quantitative estimate of drug-likeness (QED) is 0.912. The summed E-state index contributed by atoms with van der Waals surface area (Å²) in [7, 11) is -1.94. The summed E-state index contributed by atoms with van der Waals surface area (Å²) in [6.07, 6.45) is -0.157. The van der Waals surface area contributed by atoms with Crippen molar-refractivity contribution in [2.45, 2.75) is 17.9 Å². The lowest BCUT2D eigenvalue weighted by atomic mass is 10.1. The minimum atomic E-state index is -3.49. The molecule has 102 valence electrons. The fraction of sp³-hybridized carbons (Fsp3) is 0.286. The second kappa shape index (κ2) is 5.69. The Morgan fingerprint density at radius 3 is 2.53 bits per heavy atom. The Kier molecular flexibility index (Phi) is 4.19. The maximum atomic E-state index is 12.1. The second-order valence-electron chi connectivity index (χ2n) is 4.41. The molecule has 4 nitrogen and oxygen atoms in total. The van der Waals surface area contributed by atoms with E-state index in [1.54, 1.807) is 19.2 Å². The van der Waals surface area contributed by atoms with Crippen LogP contribution in [0.5, 0.6) is 0 Å². The van der Waals surface area contributed by atoms with Gasteiger partial charge in [-0.1, -0.05) is 30.3 Å². The van der Waals surface area contributed by atoms with E-state index >= 15 is 0 Å². The number of methoxy groups -OCH3 is 1. The number of ether oxygens (including phenoxy) is 1. The first-order valence-corrected chi connectivity index (χ1v) is 7.52. The van der Waals surface area contributed by atoms with Crippen molar-refractivity contribution in [3.8, 4) is 0 Å². The molecule has 0 heterocycles. The first-order chi connectivity index (χ1) is 9.03. The summed E-state index contributed by atoms with van der Waals surface area (Å²) >= 11 is 0. The van der Waals surface area contributed by atoms with E-state index in [4.69, 9.17) is 4.74 Å². The zero-order valence-electron chi connectivity index (χ0n) is 11.0. The normalized spacial score (nSPS) is 13.6. The Morgan fingerprint density at radius 1 is 1.16 bits per heavy atom. The van der Waals surface area contributed by atoms with Gasteiger partial charge in [0.05, 0.1) is 11.0 Å². The number of fused-ring (bicyclic) bond motifs is 1. The van der Waals surface area contributed by atoms with Crippen LogP contribution in [0.3, 0.4) is 0 Å². The molecule has 0 aliphatic heterocycles. The smallest absolute Gasteiger partial charge is 0.240 e. The minimum absolute atomic E-state index is 0.157. The van der Waals surface area contributed by atoms with E-state index in [-0.39, 0.29) is 17.5 Å². The molecule has 0 aromatic heterocycles. The maximum Gasteiger partial charge on any atom is 0.240 e. The van der Waals surface area contributed by atoms with Crippen molar-refractivity contribution in [1.29, 1.82) is 0 Å². The largest absolute Gasteiger partial charge is 0.380 e. The van der Waals surface area contributed by atoms with Gasteiger partial charge >= 0.3 is 0 Å². The van der Waals surface area contributed by atoms with Crippen molar-refractivity contribution < 1.29 is 13.2 Å². The summed E-state index contributed by atoms with van der Waals surface area (Å²) < 4.78 is 31.8. The molecule has 0 amide bonds. The first kappa shape index (κ1) is 14.0. The second-order valence-corrected chi connectivity index (χ2v) is 6.17. The molecule has 1 N–H and O–H groups in total. The molecule has 0 aliphatic rings. The lowest BCUT2D eigenvalue weighted by Gasteiger charge is -2.11. The van der Waals surface area contributed by atoms with Gasteiger partial charge < -0.3 is 4.74 Å².